The number of nitrogens with one attached hydrogen (secondary N) is 1. The lowest BCUT2D eigenvalue weighted by Gasteiger charge is -2.27. The molecular weight excluding hydrogens is 214 g/mol. The molecule has 1 aliphatic heterocycles. The number of likely N-dealkylation sites (tertiary alicyclic amines) is 1. The second-order valence-electron chi connectivity index (χ2n) is 5.36. The summed E-state index contributed by atoms with van der Waals surface area (Å²) < 4.78 is 0. The summed E-state index contributed by atoms with van der Waals surface area (Å²) in [5.41, 5.74) is 0. The summed E-state index contributed by atoms with van der Waals surface area (Å²) in [6.45, 7) is 6.90. The molecule has 2 N–H and O–H groups in total. The van der Waals surface area contributed by atoms with E-state index in [0.717, 1.165) is 26.1 Å². The van der Waals surface area contributed by atoms with Gasteiger partial charge in [-0.15, -0.1) is 0 Å². The molecule has 0 aromatic heterocycles. The molecule has 4 nitrogen and oxygen atoms in total. The largest absolute Gasteiger partial charge is 0.390 e. The Morgan fingerprint density at radius 1 is 1.53 bits per heavy atom. The Hall–Kier alpha value is -0.160. The molecule has 1 fully saturated rings. The Morgan fingerprint density at radius 2 is 2.29 bits per heavy atom. The lowest BCUT2D eigenvalue weighted by atomic mass is 10.2. The third-order valence-electron chi connectivity index (χ3n) is 3.52. The Labute approximate surface area is 106 Å². The van der Waals surface area contributed by atoms with Crippen LogP contribution in [-0.4, -0.2) is 73.9 Å². The molecule has 2 atom stereocenters. The number of aliphatic hydroxyl groups excluding tert-OH is 1. The summed E-state index contributed by atoms with van der Waals surface area (Å²) in [4.78, 5) is 4.68. The van der Waals surface area contributed by atoms with Gasteiger partial charge in [0.25, 0.3) is 0 Å². The van der Waals surface area contributed by atoms with Crippen LogP contribution in [0.25, 0.3) is 0 Å². The Balaban J connectivity index is 2.12. The zero-order valence-electron chi connectivity index (χ0n) is 11.7. The van der Waals surface area contributed by atoms with Crippen molar-refractivity contribution in [2.24, 2.45) is 0 Å². The van der Waals surface area contributed by atoms with Gasteiger partial charge in [-0.25, -0.2) is 0 Å². The SMILES string of the molecule is CCCNCC(O)CN(C)CC1CCCN1C. The molecule has 17 heavy (non-hydrogen) atoms. The molecule has 4 heteroatoms. The van der Waals surface area contributed by atoms with Crippen molar-refractivity contribution >= 4 is 0 Å². The fourth-order valence-corrected chi connectivity index (χ4v) is 2.51. The minimum atomic E-state index is -0.252. The van der Waals surface area contributed by atoms with Crippen LogP contribution >= 0.6 is 0 Å². The van der Waals surface area contributed by atoms with Gasteiger partial charge in [0.05, 0.1) is 6.10 Å². The first kappa shape index (κ1) is 14.9. The summed E-state index contributed by atoms with van der Waals surface area (Å²) in [6.07, 6.45) is 3.48. The van der Waals surface area contributed by atoms with Gasteiger partial charge in [-0.3, -0.25) is 0 Å². The maximum Gasteiger partial charge on any atom is 0.0791 e. The summed E-state index contributed by atoms with van der Waals surface area (Å²) in [7, 11) is 4.31. The molecule has 0 aromatic carbocycles. The van der Waals surface area contributed by atoms with Gasteiger partial charge in [0.15, 0.2) is 0 Å². The van der Waals surface area contributed by atoms with E-state index in [1.54, 1.807) is 0 Å². The molecule has 1 saturated heterocycles. The Kier molecular flexibility index (Phi) is 7.04. The third-order valence-corrected chi connectivity index (χ3v) is 3.52. The fourth-order valence-electron chi connectivity index (χ4n) is 2.51. The normalized spacial score (nSPS) is 23.5. The highest BCUT2D eigenvalue weighted by molar-refractivity contribution is 4.79. The smallest absolute Gasteiger partial charge is 0.0791 e. The maximum atomic E-state index is 9.87. The predicted molar refractivity (Wildman–Crippen MR) is 72.3 cm³/mol. The molecule has 0 radical (unpaired) electrons. The van der Waals surface area contributed by atoms with Crippen LogP contribution in [0.1, 0.15) is 26.2 Å². The molecule has 102 valence electrons. The van der Waals surface area contributed by atoms with Crippen molar-refractivity contribution in [3.8, 4) is 0 Å². The molecule has 1 aliphatic rings. The van der Waals surface area contributed by atoms with Crippen LogP contribution in [0.4, 0.5) is 0 Å². The van der Waals surface area contributed by atoms with Crippen LogP contribution in [-0.2, 0) is 0 Å². The molecule has 0 aromatic rings. The van der Waals surface area contributed by atoms with E-state index >= 15 is 0 Å². The van der Waals surface area contributed by atoms with E-state index in [1.807, 2.05) is 0 Å². The van der Waals surface area contributed by atoms with Gasteiger partial charge in [-0.1, -0.05) is 6.92 Å². The molecule has 0 aliphatic carbocycles. The van der Waals surface area contributed by atoms with E-state index in [2.05, 4.69) is 36.1 Å². The first-order valence-corrected chi connectivity index (χ1v) is 6.91. The van der Waals surface area contributed by atoms with Crippen LogP contribution in [0, 0.1) is 0 Å². The average Bonchev–Trinajstić information content (AvgIpc) is 2.64. The zero-order chi connectivity index (χ0) is 12.7. The van der Waals surface area contributed by atoms with E-state index in [-0.39, 0.29) is 6.10 Å². The van der Waals surface area contributed by atoms with Crippen molar-refractivity contribution in [1.29, 1.82) is 0 Å². The topological polar surface area (TPSA) is 38.7 Å². The van der Waals surface area contributed by atoms with Crippen molar-refractivity contribution in [3.63, 3.8) is 0 Å². The lowest BCUT2D eigenvalue weighted by molar-refractivity contribution is 0.111. The van der Waals surface area contributed by atoms with Gasteiger partial charge in [-0.05, 0) is 46.4 Å². The second-order valence-corrected chi connectivity index (χ2v) is 5.36. The summed E-state index contributed by atoms with van der Waals surface area (Å²) in [5.74, 6) is 0. The highest BCUT2D eigenvalue weighted by atomic mass is 16.3. The van der Waals surface area contributed by atoms with E-state index in [4.69, 9.17) is 0 Å². The van der Waals surface area contributed by atoms with Crippen LogP contribution < -0.4 is 5.32 Å². The van der Waals surface area contributed by atoms with E-state index in [1.165, 1.54) is 19.4 Å². The van der Waals surface area contributed by atoms with Crippen LogP contribution in [0.3, 0.4) is 0 Å². The number of hydrogen-bond acceptors (Lipinski definition) is 4. The molecular formula is C13H29N3O. The monoisotopic (exact) mass is 243 g/mol. The van der Waals surface area contributed by atoms with Gasteiger partial charge in [0, 0.05) is 25.7 Å². The van der Waals surface area contributed by atoms with Crippen molar-refractivity contribution < 1.29 is 5.11 Å². The van der Waals surface area contributed by atoms with Gasteiger partial charge >= 0.3 is 0 Å². The third kappa shape index (κ3) is 5.82. The van der Waals surface area contributed by atoms with E-state index in [0.29, 0.717) is 12.6 Å². The molecule has 0 spiro atoms. The van der Waals surface area contributed by atoms with Crippen molar-refractivity contribution in [2.45, 2.75) is 38.3 Å². The molecule has 0 bridgehead atoms. The number of nitrogens with zero attached hydrogens (tertiary/aromatic N) is 2. The van der Waals surface area contributed by atoms with Crippen LogP contribution in [0.2, 0.25) is 0 Å². The van der Waals surface area contributed by atoms with Crippen LogP contribution in [0.5, 0.6) is 0 Å². The maximum absolute atomic E-state index is 9.87. The molecule has 2 unspecified atom stereocenters. The Bertz CT molecular complexity index is 201. The summed E-state index contributed by atoms with van der Waals surface area (Å²) in [6, 6.07) is 0.677. The second kappa shape index (κ2) is 8.03. The highest BCUT2D eigenvalue weighted by Crippen LogP contribution is 2.15. The number of aliphatic hydroxyl groups is 1. The van der Waals surface area contributed by atoms with Crippen molar-refractivity contribution in [1.82, 2.24) is 15.1 Å². The summed E-state index contributed by atoms with van der Waals surface area (Å²) in [5, 5.41) is 13.1. The quantitative estimate of drug-likeness (QED) is 0.604. The van der Waals surface area contributed by atoms with Gasteiger partial charge in [0.2, 0.25) is 0 Å². The molecule has 1 heterocycles. The lowest BCUT2D eigenvalue weighted by Crippen LogP contribution is -2.42. The van der Waals surface area contributed by atoms with Gasteiger partial charge in [-0.2, -0.15) is 0 Å². The number of likely N-dealkylation sites (N-methyl/N-ethyl adjacent to an activating group) is 2. The van der Waals surface area contributed by atoms with Gasteiger partial charge in [0.1, 0.15) is 0 Å². The molecule has 1 rings (SSSR count). The number of rotatable bonds is 8. The minimum Gasteiger partial charge on any atom is -0.390 e. The minimum absolute atomic E-state index is 0.252. The number of hydrogen-bond donors (Lipinski definition) is 2. The fraction of sp³-hybridized carbons (Fsp3) is 1.00. The zero-order valence-corrected chi connectivity index (χ0v) is 11.7. The van der Waals surface area contributed by atoms with Gasteiger partial charge < -0.3 is 20.2 Å². The van der Waals surface area contributed by atoms with Crippen molar-refractivity contribution in [3.05, 3.63) is 0 Å². The van der Waals surface area contributed by atoms with E-state index in [9.17, 15) is 5.11 Å². The van der Waals surface area contributed by atoms with Crippen molar-refractivity contribution in [2.75, 3.05) is 46.8 Å². The first-order chi connectivity index (χ1) is 8.13. The predicted octanol–water partition coefficient (Wildman–Crippen LogP) is 0.373. The molecule has 0 amide bonds. The van der Waals surface area contributed by atoms with Crippen LogP contribution in [0.15, 0.2) is 0 Å². The standard InChI is InChI=1S/C13H29N3O/c1-4-7-14-9-13(17)11-15(2)10-12-6-5-8-16(12)3/h12-14,17H,4-11H2,1-3H3. The average molecular weight is 243 g/mol. The molecule has 0 saturated carbocycles. The van der Waals surface area contributed by atoms with E-state index < -0.39 is 0 Å². The Morgan fingerprint density at radius 3 is 2.88 bits per heavy atom. The summed E-state index contributed by atoms with van der Waals surface area (Å²) >= 11 is 0. The highest BCUT2D eigenvalue weighted by Gasteiger charge is 2.22. The first-order valence-electron chi connectivity index (χ1n) is 6.91.